The van der Waals surface area contributed by atoms with Crippen LogP contribution in [0.1, 0.15) is 23.6 Å². The lowest BCUT2D eigenvalue weighted by atomic mass is 10.1. The van der Waals surface area contributed by atoms with E-state index in [9.17, 15) is 4.79 Å². The summed E-state index contributed by atoms with van der Waals surface area (Å²) >= 11 is 0. The predicted octanol–water partition coefficient (Wildman–Crippen LogP) is 3.77. The van der Waals surface area contributed by atoms with Gasteiger partial charge in [-0.1, -0.05) is 36.9 Å². The van der Waals surface area contributed by atoms with Gasteiger partial charge in [0.1, 0.15) is 0 Å². The summed E-state index contributed by atoms with van der Waals surface area (Å²) in [6.07, 6.45) is 0.274. The minimum atomic E-state index is -0.0894. The van der Waals surface area contributed by atoms with E-state index in [4.69, 9.17) is 5.26 Å². The van der Waals surface area contributed by atoms with Crippen LogP contribution in [-0.4, -0.2) is 5.91 Å². The predicted molar refractivity (Wildman–Crippen MR) is 84.6 cm³/mol. The fourth-order valence-electron chi connectivity index (χ4n) is 2.04. The molecule has 2 aromatic carbocycles. The molecule has 2 rings (SSSR count). The summed E-state index contributed by atoms with van der Waals surface area (Å²) in [6.45, 7) is 5.82. The Balaban J connectivity index is 2.08. The molecule has 0 aliphatic rings. The van der Waals surface area contributed by atoms with Gasteiger partial charge in [-0.15, -0.1) is 0 Å². The number of nitrogens with one attached hydrogen (secondary N) is 1. The van der Waals surface area contributed by atoms with Crippen molar-refractivity contribution in [2.75, 3.05) is 5.32 Å². The number of hydrogen-bond donors (Lipinski definition) is 1. The van der Waals surface area contributed by atoms with Crippen LogP contribution in [0.4, 0.5) is 5.69 Å². The van der Waals surface area contributed by atoms with Crippen molar-refractivity contribution in [3.05, 3.63) is 71.8 Å². The Morgan fingerprint density at radius 3 is 2.48 bits per heavy atom. The second-order valence-electron chi connectivity index (χ2n) is 4.86. The number of amides is 1. The van der Waals surface area contributed by atoms with Crippen LogP contribution in [0.5, 0.6) is 0 Å². The van der Waals surface area contributed by atoms with Crippen LogP contribution in [0.15, 0.2) is 55.1 Å². The first kappa shape index (κ1) is 14.5. The first-order valence-corrected chi connectivity index (χ1v) is 6.64. The summed E-state index contributed by atoms with van der Waals surface area (Å²) in [7, 11) is 0. The highest BCUT2D eigenvalue weighted by atomic mass is 16.1. The van der Waals surface area contributed by atoms with Gasteiger partial charge in [0.05, 0.1) is 18.1 Å². The van der Waals surface area contributed by atoms with E-state index in [1.165, 1.54) is 0 Å². The van der Waals surface area contributed by atoms with Crippen LogP contribution in [0.2, 0.25) is 0 Å². The Labute approximate surface area is 124 Å². The van der Waals surface area contributed by atoms with Crippen molar-refractivity contribution >= 4 is 17.2 Å². The average Bonchev–Trinajstić information content (AvgIpc) is 2.48. The van der Waals surface area contributed by atoms with Crippen LogP contribution in [0.3, 0.4) is 0 Å². The van der Waals surface area contributed by atoms with E-state index in [-0.39, 0.29) is 12.3 Å². The van der Waals surface area contributed by atoms with Crippen LogP contribution in [0, 0.1) is 11.3 Å². The Hall–Kier alpha value is -2.86. The summed E-state index contributed by atoms with van der Waals surface area (Å²) < 4.78 is 0. The van der Waals surface area contributed by atoms with Gasteiger partial charge in [0.25, 0.3) is 0 Å². The third-order valence-corrected chi connectivity index (χ3v) is 3.11. The quantitative estimate of drug-likeness (QED) is 0.924. The van der Waals surface area contributed by atoms with Gasteiger partial charge in [0.15, 0.2) is 0 Å². The number of nitriles is 1. The maximum atomic E-state index is 12.1. The molecule has 0 atom stereocenters. The molecule has 0 radical (unpaired) electrons. The van der Waals surface area contributed by atoms with Gasteiger partial charge in [-0.3, -0.25) is 4.79 Å². The lowest BCUT2D eigenvalue weighted by Crippen LogP contribution is -2.15. The zero-order chi connectivity index (χ0) is 15.2. The molecule has 0 saturated carbocycles. The number of benzene rings is 2. The molecule has 1 amide bonds. The number of hydrogen-bond acceptors (Lipinski definition) is 2. The molecular formula is C18H16N2O. The van der Waals surface area contributed by atoms with E-state index in [2.05, 4.69) is 18.0 Å². The molecule has 2 aromatic rings. The first-order valence-electron chi connectivity index (χ1n) is 6.64. The SMILES string of the molecule is C=C(C)c1ccccc1NC(=O)Cc1ccc(C#N)cc1. The Kier molecular flexibility index (Phi) is 4.53. The van der Waals surface area contributed by atoms with Crippen molar-refractivity contribution in [1.82, 2.24) is 0 Å². The van der Waals surface area contributed by atoms with Crippen molar-refractivity contribution in [1.29, 1.82) is 5.26 Å². The molecule has 0 spiro atoms. The largest absolute Gasteiger partial charge is 0.325 e. The highest BCUT2D eigenvalue weighted by Gasteiger charge is 2.08. The fraction of sp³-hybridized carbons (Fsp3) is 0.111. The fourth-order valence-corrected chi connectivity index (χ4v) is 2.04. The summed E-state index contributed by atoms with van der Waals surface area (Å²) in [6, 6.07) is 16.7. The number of carbonyl (C=O) groups is 1. The maximum Gasteiger partial charge on any atom is 0.228 e. The van der Waals surface area contributed by atoms with Gasteiger partial charge in [0, 0.05) is 11.3 Å². The summed E-state index contributed by atoms with van der Waals surface area (Å²) in [5, 5.41) is 11.7. The van der Waals surface area contributed by atoms with Gasteiger partial charge in [-0.2, -0.15) is 5.26 Å². The minimum Gasteiger partial charge on any atom is -0.325 e. The summed E-state index contributed by atoms with van der Waals surface area (Å²) in [5.41, 5.74) is 4.07. The molecule has 0 heterocycles. The third kappa shape index (κ3) is 3.80. The summed E-state index contributed by atoms with van der Waals surface area (Å²) in [4.78, 5) is 12.1. The number of anilines is 1. The number of allylic oxidation sites excluding steroid dienone is 1. The number of rotatable bonds is 4. The van der Waals surface area contributed by atoms with Gasteiger partial charge in [-0.05, 0) is 36.3 Å². The zero-order valence-electron chi connectivity index (χ0n) is 11.9. The second kappa shape index (κ2) is 6.53. The second-order valence-corrected chi connectivity index (χ2v) is 4.86. The molecule has 21 heavy (non-hydrogen) atoms. The molecule has 1 N–H and O–H groups in total. The van der Waals surface area contributed by atoms with E-state index >= 15 is 0 Å². The number of carbonyl (C=O) groups excluding carboxylic acids is 1. The van der Waals surface area contributed by atoms with Crippen LogP contribution >= 0.6 is 0 Å². The molecule has 0 aliphatic heterocycles. The number of para-hydroxylation sites is 1. The molecule has 0 saturated heterocycles. The highest BCUT2D eigenvalue weighted by Crippen LogP contribution is 2.22. The first-order chi connectivity index (χ1) is 10.1. The molecule has 0 fully saturated rings. The Bertz CT molecular complexity index is 709. The normalized spacial score (nSPS) is 9.71. The van der Waals surface area contributed by atoms with Crippen molar-refractivity contribution in [3.8, 4) is 6.07 Å². The topological polar surface area (TPSA) is 52.9 Å². The molecule has 0 unspecified atom stereocenters. The highest BCUT2D eigenvalue weighted by molar-refractivity contribution is 5.95. The van der Waals surface area contributed by atoms with Gasteiger partial charge in [0.2, 0.25) is 5.91 Å². The molecular weight excluding hydrogens is 260 g/mol. The number of nitrogens with zero attached hydrogens (tertiary/aromatic N) is 1. The van der Waals surface area contributed by atoms with Crippen LogP contribution in [0.25, 0.3) is 5.57 Å². The lowest BCUT2D eigenvalue weighted by Gasteiger charge is -2.11. The average molecular weight is 276 g/mol. The van der Waals surface area contributed by atoms with Crippen molar-refractivity contribution in [3.63, 3.8) is 0 Å². The van der Waals surface area contributed by atoms with Crippen LogP contribution < -0.4 is 5.32 Å². The monoisotopic (exact) mass is 276 g/mol. The zero-order valence-corrected chi connectivity index (χ0v) is 11.9. The van der Waals surface area contributed by atoms with E-state index in [1.807, 2.05) is 31.2 Å². The van der Waals surface area contributed by atoms with Crippen LogP contribution in [-0.2, 0) is 11.2 Å². The minimum absolute atomic E-state index is 0.0894. The molecule has 3 nitrogen and oxygen atoms in total. The van der Waals surface area contributed by atoms with Crippen molar-refractivity contribution in [2.24, 2.45) is 0 Å². The molecule has 104 valence electrons. The Morgan fingerprint density at radius 2 is 1.86 bits per heavy atom. The van der Waals surface area contributed by atoms with E-state index in [0.29, 0.717) is 5.56 Å². The molecule has 0 bridgehead atoms. The van der Waals surface area contributed by atoms with Gasteiger partial charge >= 0.3 is 0 Å². The summed E-state index contributed by atoms with van der Waals surface area (Å²) in [5.74, 6) is -0.0894. The maximum absolute atomic E-state index is 12.1. The smallest absolute Gasteiger partial charge is 0.228 e. The molecule has 0 aromatic heterocycles. The lowest BCUT2D eigenvalue weighted by molar-refractivity contribution is -0.115. The van der Waals surface area contributed by atoms with Gasteiger partial charge < -0.3 is 5.32 Å². The van der Waals surface area contributed by atoms with Crippen molar-refractivity contribution < 1.29 is 4.79 Å². The van der Waals surface area contributed by atoms with E-state index < -0.39 is 0 Å². The standard InChI is InChI=1S/C18H16N2O/c1-13(2)16-5-3-4-6-17(16)20-18(21)11-14-7-9-15(12-19)10-8-14/h3-10H,1,11H2,2H3,(H,20,21). The Morgan fingerprint density at radius 1 is 1.19 bits per heavy atom. The van der Waals surface area contributed by atoms with Crippen molar-refractivity contribution in [2.45, 2.75) is 13.3 Å². The van der Waals surface area contributed by atoms with E-state index in [1.54, 1.807) is 24.3 Å². The molecule has 0 aliphatic carbocycles. The van der Waals surface area contributed by atoms with E-state index in [0.717, 1.165) is 22.4 Å². The van der Waals surface area contributed by atoms with Gasteiger partial charge in [-0.25, -0.2) is 0 Å². The third-order valence-electron chi connectivity index (χ3n) is 3.11. The molecule has 3 heteroatoms.